The summed E-state index contributed by atoms with van der Waals surface area (Å²) in [6.07, 6.45) is 2.21. The molecule has 1 saturated carbocycles. The Bertz CT molecular complexity index is 173. The minimum atomic E-state index is 0.0212. The summed E-state index contributed by atoms with van der Waals surface area (Å²) in [5, 5.41) is 2.83. The largest absolute Gasteiger partial charge is 0.363 e. The van der Waals surface area contributed by atoms with Crippen LogP contribution in [0.25, 0.3) is 0 Å². The molecule has 1 amide bonds. The second kappa shape index (κ2) is 2.21. The molecule has 3 heteroatoms. The molecule has 0 aromatic rings. The summed E-state index contributed by atoms with van der Waals surface area (Å²) < 4.78 is 5.47. The van der Waals surface area contributed by atoms with Crippen molar-refractivity contribution < 1.29 is 9.53 Å². The smallest absolute Gasteiger partial charge is 0.246 e. The minimum Gasteiger partial charge on any atom is -0.363 e. The van der Waals surface area contributed by atoms with Crippen LogP contribution in [0.1, 0.15) is 19.8 Å². The number of morpholine rings is 1. The molecule has 0 unspecified atom stereocenters. The van der Waals surface area contributed by atoms with Gasteiger partial charge in [0.15, 0.2) is 0 Å². The van der Waals surface area contributed by atoms with Crippen LogP contribution in [-0.4, -0.2) is 24.7 Å². The highest BCUT2D eigenvalue weighted by Gasteiger charge is 2.45. The first-order valence-electron chi connectivity index (χ1n) is 4.11. The predicted octanol–water partition coefficient (Wildman–Crippen LogP) is 0.301. The first-order valence-corrected chi connectivity index (χ1v) is 4.11. The van der Waals surface area contributed by atoms with Crippen LogP contribution in [0.3, 0.4) is 0 Å². The summed E-state index contributed by atoms with van der Waals surface area (Å²) in [4.78, 5) is 10.7. The van der Waals surface area contributed by atoms with Crippen LogP contribution < -0.4 is 5.32 Å². The molecule has 2 rings (SSSR count). The summed E-state index contributed by atoms with van der Waals surface area (Å²) >= 11 is 0. The summed E-state index contributed by atoms with van der Waals surface area (Å²) in [5.41, 5.74) is 0.0212. The SMILES string of the molecule is CC1CC2(CNC(=O)CO2)C1. The summed E-state index contributed by atoms with van der Waals surface area (Å²) in [6, 6.07) is 0. The number of hydrogen-bond acceptors (Lipinski definition) is 2. The standard InChI is InChI=1S/C8H13NO2/c1-6-2-8(3-6)5-9-7(10)4-11-8/h6H,2-5H2,1H3,(H,9,10). The molecule has 11 heavy (non-hydrogen) atoms. The van der Waals surface area contributed by atoms with Gasteiger partial charge in [0, 0.05) is 6.54 Å². The third-order valence-corrected chi connectivity index (χ3v) is 2.56. The highest BCUT2D eigenvalue weighted by Crippen LogP contribution is 2.40. The quantitative estimate of drug-likeness (QED) is 0.546. The van der Waals surface area contributed by atoms with Crippen molar-refractivity contribution in [2.45, 2.75) is 25.4 Å². The van der Waals surface area contributed by atoms with Gasteiger partial charge < -0.3 is 10.1 Å². The van der Waals surface area contributed by atoms with Gasteiger partial charge in [0.05, 0.1) is 5.60 Å². The van der Waals surface area contributed by atoms with Gasteiger partial charge in [-0.15, -0.1) is 0 Å². The van der Waals surface area contributed by atoms with Crippen molar-refractivity contribution in [3.05, 3.63) is 0 Å². The molecule has 1 aliphatic carbocycles. The van der Waals surface area contributed by atoms with Gasteiger partial charge in [0.2, 0.25) is 5.91 Å². The normalized spacial score (nSPS) is 43.4. The Hall–Kier alpha value is -0.570. The summed E-state index contributed by atoms with van der Waals surface area (Å²) in [5.74, 6) is 0.792. The van der Waals surface area contributed by atoms with E-state index in [1.807, 2.05) is 0 Å². The molecule has 0 radical (unpaired) electrons. The summed E-state index contributed by atoms with van der Waals surface area (Å²) in [7, 11) is 0. The molecule has 1 heterocycles. The van der Waals surface area contributed by atoms with Gasteiger partial charge in [0.1, 0.15) is 6.61 Å². The monoisotopic (exact) mass is 155 g/mol. The Balaban J connectivity index is 1.93. The Morgan fingerprint density at radius 2 is 2.36 bits per heavy atom. The first kappa shape index (κ1) is 7.10. The molecule has 62 valence electrons. The maximum atomic E-state index is 10.7. The van der Waals surface area contributed by atoms with E-state index in [0.717, 1.165) is 25.3 Å². The maximum absolute atomic E-state index is 10.7. The number of ether oxygens (including phenoxy) is 1. The molecule has 1 spiro atoms. The van der Waals surface area contributed by atoms with Crippen molar-refractivity contribution in [3.63, 3.8) is 0 Å². The molecular weight excluding hydrogens is 142 g/mol. The average molecular weight is 155 g/mol. The topological polar surface area (TPSA) is 38.3 Å². The van der Waals surface area contributed by atoms with E-state index in [-0.39, 0.29) is 18.1 Å². The Morgan fingerprint density at radius 1 is 1.64 bits per heavy atom. The van der Waals surface area contributed by atoms with E-state index in [1.165, 1.54) is 0 Å². The fourth-order valence-corrected chi connectivity index (χ4v) is 2.05. The second-order valence-electron chi connectivity index (χ2n) is 3.76. The molecular formula is C8H13NO2. The maximum Gasteiger partial charge on any atom is 0.246 e. The third kappa shape index (κ3) is 1.13. The molecule has 0 atom stereocenters. The molecule has 1 aliphatic heterocycles. The van der Waals surface area contributed by atoms with Crippen LogP contribution in [0.2, 0.25) is 0 Å². The van der Waals surface area contributed by atoms with E-state index in [1.54, 1.807) is 0 Å². The van der Waals surface area contributed by atoms with Gasteiger partial charge in [-0.1, -0.05) is 6.92 Å². The lowest BCUT2D eigenvalue weighted by Gasteiger charge is -2.48. The van der Waals surface area contributed by atoms with Crippen LogP contribution in [-0.2, 0) is 9.53 Å². The predicted molar refractivity (Wildman–Crippen MR) is 40.1 cm³/mol. The van der Waals surface area contributed by atoms with E-state index >= 15 is 0 Å². The molecule has 1 N–H and O–H groups in total. The zero-order valence-electron chi connectivity index (χ0n) is 6.72. The fraction of sp³-hybridized carbons (Fsp3) is 0.875. The van der Waals surface area contributed by atoms with Gasteiger partial charge in [0.25, 0.3) is 0 Å². The van der Waals surface area contributed by atoms with Gasteiger partial charge >= 0.3 is 0 Å². The van der Waals surface area contributed by atoms with Gasteiger partial charge in [-0.25, -0.2) is 0 Å². The van der Waals surface area contributed by atoms with Gasteiger partial charge in [-0.2, -0.15) is 0 Å². The van der Waals surface area contributed by atoms with E-state index < -0.39 is 0 Å². The Labute approximate surface area is 66.1 Å². The molecule has 2 fully saturated rings. The average Bonchev–Trinajstić information content (AvgIpc) is 1.92. The van der Waals surface area contributed by atoms with Crippen molar-refractivity contribution in [3.8, 4) is 0 Å². The van der Waals surface area contributed by atoms with Crippen molar-refractivity contribution in [2.75, 3.05) is 13.2 Å². The van der Waals surface area contributed by atoms with Crippen LogP contribution in [0.15, 0.2) is 0 Å². The van der Waals surface area contributed by atoms with Crippen LogP contribution >= 0.6 is 0 Å². The van der Waals surface area contributed by atoms with Crippen LogP contribution in [0.5, 0.6) is 0 Å². The zero-order valence-corrected chi connectivity index (χ0v) is 6.72. The van der Waals surface area contributed by atoms with Crippen LogP contribution in [0.4, 0.5) is 0 Å². The lowest BCUT2D eigenvalue weighted by atomic mass is 9.71. The Morgan fingerprint density at radius 3 is 2.82 bits per heavy atom. The summed E-state index contributed by atoms with van der Waals surface area (Å²) in [6.45, 7) is 3.19. The minimum absolute atomic E-state index is 0.0212. The third-order valence-electron chi connectivity index (χ3n) is 2.56. The van der Waals surface area contributed by atoms with Crippen molar-refractivity contribution in [2.24, 2.45) is 5.92 Å². The lowest BCUT2D eigenvalue weighted by Crippen LogP contribution is -2.58. The molecule has 2 aliphatic rings. The highest BCUT2D eigenvalue weighted by atomic mass is 16.5. The lowest BCUT2D eigenvalue weighted by molar-refractivity contribution is -0.164. The number of nitrogens with one attached hydrogen (secondary N) is 1. The van der Waals surface area contributed by atoms with E-state index in [4.69, 9.17) is 4.74 Å². The number of carbonyl (C=O) groups is 1. The second-order valence-corrected chi connectivity index (χ2v) is 3.76. The number of rotatable bonds is 0. The molecule has 1 saturated heterocycles. The Kier molecular flexibility index (Phi) is 1.42. The highest BCUT2D eigenvalue weighted by molar-refractivity contribution is 5.78. The van der Waals surface area contributed by atoms with Gasteiger partial charge in [-0.3, -0.25) is 4.79 Å². The fourth-order valence-electron chi connectivity index (χ4n) is 2.05. The van der Waals surface area contributed by atoms with E-state index in [0.29, 0.717) is 0 Å². The van der Waals surface area contributed by atoms with Crippen molar-refractivity contribution in [1.29, 1.82) is 0 Å². The van der Waals surface area contributed by atoms with Crippen molar-refractivity contribution in [1.82, 2.24) is 5.32 Å². The molecule has 0 aromatic carbocycles. The van der Waals surface area contributed by atoms with E-state index in [9.17, 15) is 4.79 Å². The van der Waals surface area contributed by atoms with E-state index in [2.05, 4.69) is 12.2 Å². The zero-order chi connectivity index (χ0) is 7.90. The number of hydrogen-bond donors (Lipinski definition) is 1. The number of amides is 1. The van der Waals surface area contributed by atoms with Gasteiger partial charge in [-0.05, 0) is 18.8 Å². The molecule has 0 aromatic heterocycles. The molecule has 0 bridgehead atoms. The number of carbonyl (C=O) groups excluding carboxylic acids is 1. The first-order chi connectivity index (χ1) is 5.20. The molecule has 3 nitrogen and oxygen atoms in total. The van der Waals surface area contributed by atoms with Crippen LogP contribution in [0, 0.1) is 5.92 Å². The van der Waals surface area contributed by atoms with Crippen molar-refractivity contribution >= 4 is 5.91 Å².